The molecule has 0 atom stereocenters. The summed E-state index contributed by atoms with van der Waals surface area (Å²) in [6, 6.07) is 6.00. The number of rotatable bonds is 1. The summed E-state index contributed by atoms with van der Waals surface area (Å²) in [6.45, 7) is 4.09. The molecule has 0 aliphatic carbocycles. The highest BCUT2D eigenvalue weighted by molar-refractivity contribution is 5.38. The van der Waals surface area contributed by atoms with Gasteiger partial charge in [0, 0.05) is 12.1 Å². The van der Waals surface area contributed by atoms with Crippen LogP contribution in [0.1, 0.15) is 18.4 Å². The van der Waals surface area contributed by atoms with E-state index >= 15 is 0 Å². The third-order valence-corrected chi connectivity index (χ3v) is 1.91. The minimum Gasteiger partial charge on any atom is -0.218 e. The van der Waals surface area contributed by atoms with Crippen LogP contribution in [0.2, 0.25) is 0 Å². The molecule has 62 valence electrons. The van der Waals surface area contributed by atoms with Crippen molar-refractivity contribution in [2.45, 2.75) is 20.3 Å². The third kappa shape index (κ3) is 0.978. The predicted molar refractivity (Wildman–Crippen MR) is 47.1 cm³/mol. The molecule has 0 saturated heterocycles. The molecular weight excluding hydrogens is 150 g/mol. The molecule has 12 heavy (non-hydrogen) atoms. The molecule has 3 nitrogen and oxygen atoms in total. The highest BCUT2D eigenvalue weighted by atomic mass is 15.3. The van der Waals surface area contributed by atoms with Crippen LogP contribution in [0.4, 0.5) is 0 Å². The summed E-state index contributed by atoms with van der Waals surface area (Å²) in [5, 5.41) is 4.34. The fourth-order valence-electron chi connectivity index (χ4n) is 1.23. The van der Waals surface area contributed by atoms with E-state index in [2.05, 4.69) is 17.0 Å². The zero-order valence-corrected chi connectivity index (χ0v) is 7.28. The van der Waals surface area contributed by atoms with Gasteiger partial charge in [-0.15, -0.1) is 0 Å². The van der Waals surface area contributed by atoms with Gasteiger partial charge in [0.1, 0.15) is 0 Å². The van der Waals surface area contributed by atoms with Gasteiger partial charge in [0.2, 0.25) is 0 Å². The third-order valence-electron chi connectivity index (χ3n) is 1.91. The summed E-state index contributed by atoms with van der Waals surface area (Å²) in [7, 11) is 0. The molecule has 0 bridgehead atoms. The highest BCUT2D eigenvalue weighted by Crippen LogP contribution is 2.04. The number of aryl methyl sites for hydroxylation is 2. The van der Waals surface area contributed by atoms with Crippen LogP contribution in [-0.2, 0) is 6.42 Å². The minimum absolute atomic E-state index is 0.890. The molecular formula is C9H11N3. The average molecular weight is 161 g/mol. The van der Waals surface area contributed by atoms with Crippen molar-refractivity contribution in [2.24, 2.45) is 0 Å². The van der Waals surface area contributed by atoms with E-state index in [0.29, 0.717) is 0 Å². The van der Waals surface area contributed by atoms with Gasteiger partial charge >= 0.3 is 0 Å². The Morgan fingerprint density at radius 1 is 1.42 bits per heavy atom. The summed E-state index contributed by atoms with van der Waals surface area (Å²) >= 11 is 0. The van der Waals surface area contributed by atoms with Crippen molar-refractivity contribution < 1.29 is 0 Å². The molecule has 0 amide bonds. The maximum atomic E-state index is 4.34. The average Bonchev–Trinajstić information content (AvgIpc) is 2.49. The molecule has 0 aliphatic heterocycles. The number of aromatic nitrogens is 3. The van der Waals surface area contributed by atoms with Gasteiger partial charge in [0.15, 0.2) is 11.5 Å². The second kappa shape index (κ2) is 2.59. The zero-order valence-electron chi connectivity index (χ0n) is 7.28. The van der Waals surface area contributed by atoms with Crippen molar-refractivity contribution in [3.05, 3.63) is 29.7 Å². The lowest BCUT2D eigenvalue weighted by atomic mass is 10.4. The first-order valence-corrected chi connectivity index (χ1v) is 4.12. The molecule has 0 fully saturated rings. The lowest BCUT2D eigenvalue weighted by Crippen LogP contribution is -1.92. The van der Waals surface area contributed by atoms with Crippen LogP contribution >= 0.6 is 0 Å². The van der Waals surface area contributed by atoms with E-state index in [0.717, 1.165) is 23.6 Å². The standard InChI is InChI=1S/C9H11N3/c1-3-8-10-9-6-4-5-7(2)12(9)11-8/h4-6H,3H2,1-2H3. The quantitative estimate of drug-likeness (QED) is 0.636. The monoisotopic (exact) mass is 161 g/mol. The van der Waals surface area contributed by atoms with Crippen LogP contribution in [0.15, 0.2) is 18.2 Å². The number of pyridine rings is 1. The predicted octanol–water partition coefficient (Wildman–Crippen LogP) is 1.60. The maximum Gasteiger partial charge on any atom is 0.155 e. The van der Waals surface area contributed by atoms with Crippen molar-refractivity contribution in [3.63, 3.8) is 0 Å². The van der Waals surface area contributed by atoms with Crippen molar-refractivity contribution in [3.8, 4) is 0 Å². The molecule has 0 spiro atoms. The van der Waals surface area contributed by atoms with E-state index in [1.807, 2.05) is 29.6 Å². The SMILES string of the molecule is CCc1nc2cccc(C)n2n1. The van der Waals surface area contributed by atoms with Crippen molar-refractivity contribution in [2.75, 3.05) is 0 Å². The Labute approximate surface area is 71.1 Å². The second-order valence-corrected chi connectivity index (χ2v) is 2.82. The lowest BCUT2D eigenvalue weighted by molar-refractivity contribution is 0.860. The van der Waals surface area contributed by atoms with Crippen molar-refractivity contribution >= 4 is 5.65 Å². The molecule has 2 rings (SSSR count). The Hall–Kier alpha value is -1.38. The first kappa shape index (κ1) is 7.28. The van der Waals surface area contributed by atoms with Crippen LogP contribution in [0.25, 0.3) is 5.65 Å². The van der Waals surface area contributed by atoms with E-state index < -0.39 is 0 Å². The fraction of sp³-hybridized carbons (Fsp3) is 0.333. The normalized spacial score (nSPS) is 10.8. The van der Waals surface area contributed by atoms with E-state index in [1.54, 1.807) is 0 Å². The van der Waals surface area contributed by atoms with Gasteiger partial charge in [-0.05, 0) is 19.1 Å². The summed E-state index contributed by atoms with van der Waals surface area (Å²) < 4.78 is 1.87. The second-order valence-electron chi connectivity index (χ2n) is 2.82. The Morgan fingerprint density at radius 2 is 2.25 bits per heavy atom. The van der Waals surface area contributed by atoms with Crippen molar-refractivity contribution in [1.29, 1.82) is 0 Å². The lowest BCUT2D eigenvalue weighted by Gasteiger charge is -1.93. The summed E-state index contributed by atoms with van der Waals surface area (Å²) in [5.74, 6) is 0.907. The Morgan fingerprint density at radius 3 is 2.92 bits per heavy atom. The summed E-state index contributed by atoms with van der Waals surface area (Å²) in [5.41, 5.74) is 2.06. The smallest absolute Gasteiger partial charge is 0.155 e. The maximum absolute atomic E-state index is 4.34. The largest absolute Gasteiger partial charge is 0.218 e. The van der Waals surface area contributed by atoms with Gasteiger partial charge in [-0.2, -0.15) is 5.10 Å². The fourth-order valence-corrected chi connectivity index (χ4v) is 1.23. The molecule has 0 unspecified atom stereocenters. The molecule has 2 heterocycles. The molecule has 2 aromatic heterocycles. The topological polar surface area (TPSA) is 30.2 Å². The van der Waals surface area contributed by atoms with Gasteiger partial charge in [0.25, 0.3) is 0 Å². The summed E-state index contributed by atoms with van der Waals surface area (Å²) in [6.07, 6.45) is 0.890. The van der Waals surface area contributed by atoms with Gasteiger partial charge in [-0.3, -0.25) is 0 Å². The highest BCUT2D eigenvalue weighted by Gasteiger charge is 2.01. The van der Waals surface area contributed by atoms with E-state index in [1.165, 1.54) is 0 Å². The van der Waals surface area contributed by atoms with Gasteiger partial charge in [0.05, 0.1) is 0 Å². The van der Waals surface area contributed by atoms with Crippen LogP contribution in [0.5, 0.6) is 0 Å². The van der Waals surface area contributed by atoms with Crippen LogP contribution in [-0.4, -0.2) is 14.6 Å². The van der Waals surface area contributed by atoms with E-state index in [9.17, 15) is 0 Å². The first-order chi connectivity index (χ1) is 5.81. The number of nitrogens with zero attached hydrogens (tertiary/aromatic N) is 3. The number of fused-ring (bicyclic) bond motifs is 1. The van der Waals surface area contributed by atoms with Crippen molar-refractivity contribution in [1.82, 2.24) is 14.6 Å². The summed E-state index contributed by atoms with van der Waals surface area (Å²) in [4.78, 5) is 4.34. The van der Waals surface area contributed by atoms with E-state index in [4.69, 9.17) is 0 Å². The first-order valence-electron chi connectivity index (χ1n) is 4.12. The van der Waals surface area contributed by atoms with Crippen LogP contribution < -0.4 is 0 Å². The Balaban J connectivity index is 2.74. The van der Waals surface area contributed by atoms with E-state index in [-0.39, 0.29) is 0 Å². The van der Waals surface area contributed by atoms with Crippen LogP contribution in [0.3, 0.4) is 0 Å². The van der Waals surface area contributed by atoms with Crippen LogP contribution in [0, 0.1) is 6.92 Å². The molecule has 2 aromatic rings. The minimum atomic E-state index is 0.890. The molecule has 0 N–H and O–H groups in total. The molecule has 0 radical (unpaired) electrons. The van der Waals surface area contributed by atoms with Gasteiger partial charge < -0.3 is 0 Å². The molecule has 0 aliphatic rings. The van der Waals surface area contributed by atoms with Gasteiger partial charge in [-0.1, -0.05) is 13.0 Å². The number of hydrogen-bond donors (Lipinski definition) is 0. The zero-order chi connectivity index (χ0) is 8.55. The molecule has 0 aromatic carbocycles. The number of hydrogen-bond acceptors (Lipinski definition) is 2. The van der Waals surface area contributed by atoms with Gasteiger partial charge in [-0.25, -0.2) is 9.50 Å². The Bertz CT molecular complexity index is 403. The molecule has 0 saturated carbocycles. The molecule has 3 heteroatoms. The Kier molecular flexibility index (Phi) is 1.57.